The van der Waals surface area contributed by atoms with E-state index in [0.29, 0.717) is 89.9 Å². The number of halogens is 2. The van der Waals surface area contributed by atoms with Crippen LogP contribution < -0.4 is 21.7 Å². The molecule has 1 aromatic carbocycles. The van der Waals surface area contributed by atoms with Gasteiger partial charge in [-0.25, -0.2) is 50.9 Å². The molecule has 6 aliphatic rings. The third kappa shape index (κ3) is 30.3. The summed E-state index contributed by atoms with van der Waals surface area (Å²) in [6, 6.07) is 10.9. The van der Waals surface area contributed by atoms with Crippen molar-refractivity contribution < 1.29 is 63.7 Å². The lowest BCUT2D eigenvalue weighted by Crippen LogP contribution is -2.46. The van der Waals surface area contributed by atoms with Crippen molar-refractivity contribution in [2.75, 3.05) is 104 Å². The largest absolute Gasteiger partial charge is 0.366 e. The lowest BCUT2D eigenvalue weighted by molar-refractivity contribution is -0.182. The predicted octanol–water partition coefficient (Wildman–Crippen LogP) is -1.26. The molecule has 28 heteroatoms. The predicted molar refractivity (Wildman–Crippen MR) is 271 cm³/mol. The van der Waals surface area contributed by atoms with Gasteiger partial charge in [-0.3, -0.25) is 9.59 Å². The van der Waals surface area contributed by atoms with Crippen LogP contribution in [-0.2, 0) is 56.2 Å². The van der Waals surface area contributed by atoms with Gasteiger partial charge in [0.05, 0.1) is 25.0 Å². The molecule has 0 aromatic heterocycles. The van der Waals surface area contributed by atoms with E-state index in [1.54, 1.807) is 4.31 Å². The van der Waals surface area contributed by atoms with E-state index in [4.69, 9.17) is 26.2 Å². The number of Topliss-reactive ketones (excluding diaryl/α,β-unsaturated/α-hetero) is 2. The van der Waals surface area contributed by atoms with E-state index in [0.717, 1.165) is 64.4 Å². The summed E-state index contributed by atoms with van der Waals surface area (Å²) in [7, 11) is -12.2. The van der Waals surface area contributed by atoms with Crippen LogP contribution >= 0.6 is 24.8 Å². The van der Waals surface area contributed by atoms with Gasteiger partial charge in [0.2, 0.25) is 40.1 Å². The summed E-state index contributed by atoms with van der Waals surface area (Å²) in [6.07, 6.45) is 11.4. The van der Waals surface area contributed by atoms with Crippen LogP contribution in [0.25, 0.3) is 0 Å². The molecule has 7 rings (SSSR count). The van der Waals surface area contributed by atoms with Gasteiger partial charge in [0, 0.05) is 149 Å². The van der Waals surface area contributed by atoms with E-state index in [-0.39, 0.29) is 62.6 Å². The summed E-state index contributed by atoms with van der Waals surface area (Å²) in [5, 5.41) is 45.6. The minimum atomic E-state index is -3.16. The van der Waals surface area contributed by atoms with Crippen molar-refractivity contribution in [2.24, 2.45) is 5.73 Å². The van der Waals surface area contributed by atoms with Crippen LogP contribution in [-0.4, -0.2) is 210 Å². The van der Waals surface area contributed by atoms with Crippen molar-refractivity contribution in [3.63, 3.8) is 0 Å². The molecule has 69 heavy (non-hydrogen) atoms. The van der Waals surface area contributed by atoms with Crippen LogP contribution in [0.1, 0.15) is 82.6 Å². The minimum absolute atomic E-state index is 0. The molecule has 0 spiro atoms. The number of sulfonamides is 4. The van der Waals surface area contributed by atoms with E-state index < -0.39 is 51.7 Å². The zero-order valence-electron chi connectivity index (χ0n) is 40.4. The molecule has 22 nitrogen and oxygen atoms in total. The summed E-state index contributed by atoms with van der Waals surface area (Å²) >= 11 is 0. The molecular formula is C41H80Cl2N8O14S4. The Morgan fingerprint density at radius 2 is 0.884 bits per heavy atom. The molecule has 9 N–H and O–H groups in total. The summed E-state index contributed by atoms with van der Waals surface area (Å²) in [6.45, 7) is 7.58. The fraction of sp³-hybridized carbons (Fsp3) is 0.805. The third-order valence-electron chi connectivity index (χ3n) is 11.6. The second kappa shape index (κ2) is 31.9. The molecule has 406 valence electrons. The first-order chi connectivity index (χ1) is 31.0. The summed E-state index contributed by atoms with van der Waals surface area (Å²) in [5.41, 5.74) is 6.89. The molecule has 6 heterocycles. The Bertz CT molecular complexity index is 2060. The average molecular weight is 1110 g/mol. The number of ketones is 2. The lowest BCUT2D eigenvalue weighted by atomic mass is 10.1. The monoisotopic (exact) mass is 1110 g/mol. The fourth-order valence-electron chi connectivity index (χ4n) is 7.23. The zero-order valence-corrected chi connectivity index (χ0v) is 45.3. The Balaban J connectivity index is 0.000000820. The van der Waals surface area contributed by atoms with Crippen molar-refractivity contribution in [1.82, 2.24) is 33.2 Å². The number of hydrogen-bond acceptors (Lipinski definition) is 18. The van der Waals surface area contributed by atoms with E-state index in [9.17, 15) is 43.3 Å². The SMILES string of the molecule is CS(=O)(=O)N1CCC(=O)CC1.CS(=O)(=O)N1CCC(N)CC1.CS(=O)(=O)N1CCC(NCc2ccccc2)CC1.CS(=O)(=O)N1CCC(O)(O)CC1.Cl.Cl.O=C1CCNCC1.OC1(O)CCNCC1. The molecule has 0 radical (unpaired) electrons. The van der Waals surface area contributed by atoms with Crippen molar-refractivity contribution in [3.05, 3.63) is 35.9 Å². The van der Waals surface area contributed by atoms with Gasteiger partial charge in [-0.05, 0) is 31.2 Å². The molecule has 0 unspecified atom stereocenters. The molecule has 6 fully saturated rings. The highest BCUT2D eigenvalue weighted by Crippen LogP contribution is 2.20. The molecule has 0 amide bonds. The van der Waals surface area contributed by atoms with Crippen molar-refractivity contribution in [3.8, 4) is 0 Å². The average Bonchev–Trinajstić information content (AvgIpc) is 3.24. The second-order valence-electron chi connectivity index (χ2n) is 17.7. The van der Waals surface area contributed by atoms with Crippen LogP contribution in [0.2, 0.25) is 0 Å². The Labute approximate surface area is 423 Å². The smallest absolute Gasteiger partial charge is 0.211 e. The Kier molecular flexibility index (Phi) is 31.2. The number of nitrogens with two attached hydrogens (primary N) is 1. The van der Waals surface area contributed by atoms with Crippen molar-refractivity contribution in [1.29, 1.82) is 0 Å². The highest BCUT2D eigenvalue weighted by molar-refractivity contribution is 7.89. The number of aliphatic hydroxyl groups is 4. The van der Waals surface area contributed by atoms with Crippen LogP contribution in [0.4, 0.5) is 0 Å². The number of nitrogens with one attached hydrogen (secondary N) is 3. The van der Waals surface area contributed by atoms with Gasteiger partial charge in [-0.1, -0.05) is 30.3 Å². The summed E-state index contributed by atoms with van der Waals surface area (Å²) in [4.78, 5) is 21.1. The molecule has 1 aromatic rings. The molecule has 0 bridgehead atoms. The molecule has 0 atom stereocenters. The molecule has 0 saturated carbocycles. The van der Waals surface area contributed by atoms with E-state index in [1.807, 2.05) is 18.2 Å². The van der Waals surface area contributed by atoms with Crippen LogP contribution in [0.5, 0.6) is 0 Å². The van der Waals surface area contributed by atoms with Crippen molar-refractivity contribution in [2.45, 2.75) is 107 Å². The van der Waals surface area contributed by atoms with Gasteiger partial charge in [-0.2, -0.15) is 0 Å². The maximum Gasteiger partial charge on any atom is 0.211 e. The summed E-state index contributed by atoms with van der Waals surface area (Å²) < 4.78 is 94.1. The molecular weight excluding hydrogens is 1030 g/mol. The van der Waals surface area contributed by atoms with Gasteiger partial charge >= 0.3 is 0 Å². The van der Waals surface area contributed by atoms with Gasteiger partial charge < -0.3 is 42.1 Å². The molecule has 6 saturated heterocycles. The Hall–Kier alpha value is -1.54. The molecule has 0 aliphatic carbocycles. The normalized spacial score (nSPS) is 22.2. The number of hydrogen-bond donors (Lipinski definition) is 8. The third-order valence-corrected chi connectivity index (χ3v) is 16.8. The van der Waals surface area contributed by atoms with Gasteiger partial charge in [0.1, 0.15) is 11.6 Å². The standard InChI is InChI=1S/C13H20N2O2S.C6H14N2O2S.C6H13NO4S.C6H11NO3S.C5H11NO2.C5H9NO.2ClH/c1-18(16,17)15-9-7-13(8-10-15)14-11-12-5-3-2-4-6-12;1-11(9,10)8-4-2-6(7)3-5-8;1-12(10,11)7-4-2-6(8,9)3-5-7;1-11(9,10)7-4-2-6(8)3-5-7;7-5(8)1-3-6-4-2-5;7-5-1-3-6-4-2-5;;/h2-6,13-14H,7-11H2,1H3;6H,2-5,7H2,1H3;8-9H,2-5H2,1H3;2-5H2,1H3;6-8H,1-4H2;6H,1-4H2;2*1H. The first-order valence-electron chi connectivity index (χ1n) is 22.6. The van der Waals surface area contributed by atoms with E-state index >= 15 is 0 Å². The maximum absolute atomic E-state index is 11.4. The zero-order chi connectivity index (χ0) is 50.5. The Morgan fingerprint density at radius 1 is 0.536 bits per heavy atom. The number of nitrogens with zero attached hydrogens (tertiary/aromatic N) is 4. The second-order valence-corrected chi connectivity index (χ2v) is 25.6. The topological polar surface area (TPSA) is 327 Å². The minimum Gasteiger partial charge on any atom is -0.366 e. The fourth-order valence-corrected chi connectivity index (χ4v) is 10.7. The first-order valence-corrected chi connectivity index (χ1v) is 30.0. The van der Waals surface area contributed by atoms with Crippen molar-refractivity contribution >= 4 is 76.5 Å². The quantitative estimate of drug-likeness (QED) is 0.148. The van der Waals surface area contributed by atoms with E-state index in [1.165, 1.54) is 37.2 Å². The maximum atomic E-state index is 11.4. The lowest BCUT2D eigenvalue weighted by Gasteiger charge is -2.32. The van der Waals surface area contributed by atoms with Crippen LogP contribution in [0.15, 0.2) is 30.3 Å². The van der Waals surface area contributed by atoms with Gasteiger partial charge in [0.25, 0.3) is 0 Å². The number of benzene rings is 1. The van der Waals surface area contributed by atoms with Gasteiger partial charge in [-0.15, -0.1) is 24.8 Å². The molecule has 6 aliphatic heterocycles. The van der Waals surface area contributed by atoms with Crippen LogP contribution in [0.3, 0.4) is 0 Å². The number of carbonyl (C=O) groups excluding carboxylic acids is 2. The number of piperidine rings is 6. The van der Waals surface area contributed by atoms with Gasteiger partial charge in [0.15, 0.2) is 11.6 Å². The van der Waals surface area contributed by atoms with Crippen LogP contribution in [0, 0.1) is 0 Å². The number of rotatable bonds is 7. The van der Waals surface area contributed by atoms with E-state index in [2.05, 4.69) is 28.1 Å². The first kappa shape index (κ1) is 67.5. The highest BCUT2D eigenvalue weighted by atomic mass is 35.5. The number of carbonyl (C=O) groups is 2. The Morgan fingerprint density at radius 3 is 1.25 bits per heavy atom. The summed E-state index contributed by atoms with van der Waals surface area (Å²) in [5.74, 6) is -2.50. The highest BCUT2D eigenvalue weighted by Gasteiger charge is 2.33.